The fourth-order valence-corrected chi connectivity index (χ4v) is 1.66. The second kappa shape index (κ2) is 7.16. The zero-order chi connectivity index (χ0) is 16.0. The topological polar surface area (TPSA) is 123 Å². The van der Waals surface area contributed by atoms with Gasteiger partial charge in [-0.1, -0.05) is 36.4 Å². The number of carboxylic acids is 1. The van der Waals surface area contributed by atoms with Crippen LogP contribution in [0, 0.1) is 0 Å². The van der Waals surface area contributed by atoms with Gasteiger partial charge in [-0.05, 0) is 17.7 Å². The number of hydrogen-bond donors (Lipinski definition) is 3. The first-order chi connectivity index (χ1) is 9.88. The summed E-state index contributed by atoms with van der Waals surface area (Å²) in [5.41, 5.74) is 10.7. The Hall–Kier alpha value is -2.73. The molecule has 21 heavy (non-hydrogen) atoms. The first kappa shape index (κ1) is 16.3. The number of aliphatic carboxylic acids is 1. The van der Waals surface area contributed by atoms with Gasteiger partial charge < -0.3 is 16.6 Å². The number of hydrogen-bond acceptors (Lipinski definition) is 4. The molecule has 0 heterocycles. The Morgan fingerprint density at radius 2 is 1.76 bits per heavy atom. The van der Waals surface area contributed by atoms with E-state index in [0.717, 1.165) is 10.8 Å². The summed E-state index contributed by atoms with van der Waals surface area (Å²) in [6, 6.07) is 10.0. The van der Waals surface area contributed by atoms with Crippen molar-refractivity contribution in [3.05, 3.63) is 47.5 Å². The monoisotopic (exact) mass is 288 g/mol. The number of benzene rings is 2. The fraction of sp³-hybridized carbons (Fsp3) is 0.133. The Morgan fingerprint density at radius 3 is 2.24 bits per heavy atom. The minimum Gasteiger partial charge on any atom is -0.480 e. The molecule has 1 atom stereocenters. The number of primary amides is 1. The van der Waals surface area contributed by atoms with Crippen LogP contribution in [0.5, 0.6) is 0 Å². The van der Waals surface area contributed by atoms with Crippen molar-refractivity contribution >= 4 is 28.9 Å². The number of rotatable bonds is 3. The molecule has 2 aromatic rings. The van der Waals surface area contributed by atoms with Crippen molar-refractivity contribution in [3.8, 4) is 0 Å². The molecule has 0 bridgehead atoms. The highest BCUT2D eigenvalue weighted by molar-refractivity contribution is 6.11. The summed E-state index contributed by atoms with van der Waals surface area (Å²) in [5.74, 6) is -1.54. The van der Waals surface area contributed by atoms with Gasteiger partial charge >= 0.3 is 5.97 Å². The molecular formula is C15H16N2O4. The zero-order valence-electron chi connectivity index (χ0n) is 11.4. The Morgan fingerprint density at radius 1 is 1.19 bits per heavy atom. The third-order valence-corrected chi connectivity index (χ3v) is 2.72. The Kier molecular flexibility index (Phi) is 5.57. The average Bonchev–Trinajstić information content (AvgIpc) is 2.46. The SMILES string of the molecule is C[C@@H](N)C(=O)O.NC(=O)c1c(C=O)ccc2ccccc12. The lowest BCUT2D eigenvalue weighted by Gasteiger charge is -2.05. The molecule has 0 fully saturated rings. The van der Waals surface area contributed by atoms with E-state index in [1.807, 2.05) is 18.2 Å². The number of amides is 1. The molecule has 5 N–H and O–H groups in total. The second-order valence-corrected chi connectivity index (χ2v) is 4.36. The van der Waals surface area contributed by atoms with E-state index < -0.39 is 17.9 Å². The van der Waals surface area contributed by atoms with Gasteiger partial charge in [0.1, 0.15) is 6.04 Å². The minimum atomic E-state index is -0.963. The molecule has 0 aliphatic rings. The van der Waals surface area contributed by atoms with Crippen LogP contribution >= 0.6 is 0 Å². The molecule has 0 aliphatic carbocycles. The van der Waals surface area contributed by atoms with Crippen molar-refractivity contribution in [3.63, 3.8) is 0 Å². The lowest BCUT2D eigenvalue weighted by Crippen LogP contribution is -2.25. The Labute approximate surface area is 121 Å². The third-order valence-electron chi connectivity index (χ3n) is 2.72. The Balaban J connectivity index is 0.000000315. The van der Waals surface area contributed by atoms with Crippen LogP contribution in [0.3, 0.4) is 0 Å². The summed E-state index contributed by atoms with van der Waals surface area (Å²) in [6.45, 7) is 1.42. The minimum absolute atomic E-state index is 0.295. The van der Waals surface area contributed by atoms with Crippen LogP contribution in [0.4, 0.5) is 0 Å². The smallest absolute Gasteiger partial charge is 0.320 e. The molecule has 0 unspecified atom stereocenters. The van der Waals surface area contributed by atoms with Gasteiger partial charge in [0.25, 0.3) is 0 Å². The van der Waals surface area contributed by atoms with E-state index in [1.165, 1.54) is 6.92 Å². The van der Waals surface area contributed by atoms with Crippen LogP contribution in [-0.2, 0) is 4.79 Å². The molecule has 2 rings (SSSR count). The maximum absolute atomic E-state index is 11.3. The Bertz CT molecular complexity index is 680. The quantitative estimate of drug-likeness (QED) is 0.731. The predicted octanol–water partition coefficient (Wildman–Crippen LogP) is 1.17. The molecule has 0 saturated carbocycles. The molecule has 1 amide bonds. The molecule has 0 spiro atoms. The van der Waals surface area contributed by atoms with Crippen LogP contribution < -0.4 is 11.5 Å². The lowest BCUT2D eigenvalue weighted by atomic mass is 9.99. The first-order valence-corrected chi connectivity index (χ1v) is 6.13. The van der Waals surface area contributed by atoms with E-state index in [9.17, 15) is 14.4 Å². The average molecular weight is 288 g/mol. The van der Waals surface area contributed by atoms with Crippen molar-refractivity contribution in [2.75, 3.05) is 0 Å². The summed E-state index contributed by atoms with van der Waals surface area (Å²) in [7, 11) is 0. The number of nitrogens with two attached hydrogens (primary N) is 2. The van der Waals surface area contributed by atoms with Gasteiger partial charge in [-0.15, -0.1) is 0 Å². The molecule has 0 saturated heterocycles. The standard InChI is InChI=1S/C12H9NO2.C3H7NO2/c13-12(15)11-9(7-14)6-5-8-3-1-2-4-10(8)11;1-2(4)3(5)6/h1-7H,(H2,13,15);2H,4H2,1H3,(H,5,6)/t;2-/m.1/s1. The summed E-state index contributed by atoms with van der Waals surface area (Å²) in [5, 5.41) is 9.48. The summed E-state index contributed by atoms with van der Waals surface area (Å²) < 4.78 is 0. The van der Waals surface area contributed by atoms with Gasteiger partial charge in [-0.25, -0.2) is 0 Å². The molecule has 110 valence electrons. The predicted molar refractivity (Wildman–Crippen MR) is 79.1 cm³/mol. The van der Waals surface area contributed by atoms with Gasteiger partial charge in [0.05, 0.1) is 5.56 Å². The number of carbonyl (C=O) groups is 3. The van der Waals surface area contributed by atoms with E-state index >= 15 is 0 Å². The van der Waals surface area contributed by atoms with Gasteiger partial charge in [0, 0.05) is 5.56 Å². The third kappa shape index (κ3) is 4.12. The van der Waals surface area contributed by atoms with Gasteiger partial charge in [0.2, 0.25) is 5.91 Å². The summed E-state index contributed by atoms with van der Waals surface area (Å²) in [6.07, 6.45) is 0.645. The highest BCUT2D eigenvalue weighted by Crippen LogP contribution is 2.21. The normalized spacial score (nSPS) is 11.1. The molecule has 6 heteroatoms. The molecule has 0 radical (unpaired) electrons. The van der Waals surface area contributed by atoms with Crippen LogP contribution in [0.15, 0.2) is 36.4 Å². The first-order valence-electron chi connectivity index (χ1n) is 6.13. The maximum atomic E-state index is 11.3. The van der Waals surface area contributed by atoms with Crippen molar-refractivity contribution in [2.24, 2.45) is 11.5 Å². The highest BCUT2D eigenvalue weighted by Gasteiger charge is 2.11. The van der Waals surface area contributed by atoms with Crippen LogP contribution in [0.1, 0.15) is 27.6 Å². The number of carbonyl (C=O) groups excluding carboxylic acids is 2. The van der Waals surface area contributed by atoms with Gasteiger partial charge in [-0.3, -0.25) is 14.4 Å². The van der Waals surface area contributed by atoms with E-state index in [2.05, 4.69) is 0 Å². The van der Waals surface area contributed by atoms with E-state index in [-0.39, 0.29) is 0 Å². The second-order valence-electron chi connectivity index (χ2n) is 4.36. The van der Waals surface area contributed by atoms with E-state index in [0.29, 0.717) is 17.4 Å². The maximum Gasteiger partial charge on any atom is 0.320 e. The van der Waals surface area contributed by atoms with Gasteiger partial charge in [0.15, 0.2) is 6.29 Å². The van der Waals surface area contributed by atoms with Crippen molar-refractivity contribution in [1.82, 2.24) is 0 Å². The van der Waals surface area contributed by atoms with Crippen LogP contribution in [0.25, 0.3) is 10.8 Å². The van der Waals surface area contributed by atoms with Crippen LogP contribution in [-0.4, -0.2) is 29.3 Å². The van der Waals surface area contributed by atoms with Crippen molar-refractivity contribution in [1.29, 1.82) is 0 Å². The highest BCUT2D eigenvalue weighted by atomic mass is 16.4. The largest absolute Gasteiger partial charge is 0.480 e. The lowest BCUT2D eigenvalue weighted by molar-refractivity contribution is -0.138. The zero-order valence-corrected chi connectivity index (χ0v) is 11.4. The number of aldehydes is 1. The molecule has 6 nitrogen and oxygen atoms in total. The summed E-state index contributed by atoms with van der Waals surface area (Å²) in [4.78, 5) is 31.6. The van der Waals surface area contributed by atoms with Crippen molar-refractivity contribution < 1.29 is 19.5 Å². The van der Waals surface area contributed by atoms with Crippen molar-refractivity contribution in [2.45, 2.75) is 13.0 Å². The molecular weight excluding hydrogens is 272 g/mol. The fourth-order valence-electron chi connectivity index (χ4n) is 1.66. The molecule has 0 aliphatic heterocycles. The molecule has 2 aromatic carbocycles. The molecule has 0 aromatic heterocycles. The summed E-state index contributed by atoms with van der Waals surface area (Å²) >= 11 is 0. The van der Waals surface area contributed by atoms with E-state index in [4.69, 9.17) is 16.6 Å². The van der Waals surface area contributed by atoms with Crippen LogP contribution in [0.2, 0.25) is 0 Å². The van der Waals surface area contributed by atoms with Gasteiger partial charge in [-0.2, -0.15) is 0 Å². The number of carboxylic acid groups (broad SMARTS) is 1. The number of fused-ring (bicyclic) bond motifs is 1. The van der Waals surface area contributed by atoms with E-state index in [1.54, 1.807) is 18.2 Å².